The highest BCUT2D eigenvalue weighted by Gasteiger charge is 2.30. The van der Waals surface area contributed by atoms with Gasteiger partial charge < -0.3 is 4.90 Å². The summed E-state index contributed by atoms with van der Waals surface area (Å²) in [5.74, 6) is 0.335. The van der Waals surface area contributed by atoms with E-state index in [1.54, 1.807) is 49.0 Å². The Morgan fingerprint density at radius 3 is 2.61 bits per heavy atom. The summed E-state index contributed by atoms with van der Waals surface area (Å²) in [4.78, 5) is 19.3. The Morgan fingerprint density at radius 2 is 1.92 bits per heavy atom. The normalized spacial score (nSPS) is 14.2. The summed E-state index contributed by atoms with van der Waals surface area (Å²) in [6, 6.07) is 9.92. The molecule has 11 heteroatoms. The number of hydrogen-bond donors (Lipinski definition) is 1. The Hall–Kier alpha value is -3.30. The minimum atomic E-state index is -0.566. The van der Waals surface area contributed by atoms with Gasteiger partial charge in [0.1, 0.15) is 11.5 Å². The summed E-state index contributed by atoms with van der Waals surface area (Å²) >= 11 is 12.7. The fourth-order valence-electron chi connectivity index (χ4n) is 4.78. The molecule has 0 aliphatic heterocycles. The first-order chi connectivity index (χ1) is 17.3. The van der Waals surface area contributed by atoms with Crippen molar-refractivity contribution < 1.29 is 9.18 Å². The van der Waals surface area contributed by atoms with Gasteiger partial charge in [-0.1, -0.05) is 48.5 Å². The minimum Gasteiger partial charge on any atom is -0.345 e. The molecule has 0 atom stereocenters. The van der Waals surface area contributed by atoms with E-state index in [1.807, 2.05) is 0 Å². The molecule has 0 unspecified atom stereocenters. The first-order valence-electron chi connectivity index (χ1n) is 11.7. The highest BCUT2D eigenvalue weighted by Crippen LogP contribution is 2.42. The number of carbonyl (C=O) groups excluding carboxylic acids is 1. The second-order valence-electron chi connectivity index (χ2n) is 9.09. The van der Waals surface area contributed by atoms with Crippen molar-refractivity contribution in [2.24, 2.45) is 0 Å². The fourth-order valence-corrected chi connectivity index (χ4v) is 5.18. The number of aromatic nitrogens is 6. The van der Waals surface area contributed by atoms with Crippen molar-refractivity contribution in [2.45, 2.75) is 38.0 Å². The minimum absolute atomic E-state index is 0.000746. The van der Waals surface area contributed by atoms with Crippen molar-refractivity contribution in [2.75, 3.05) is 14.1 Å². The smallest absolute Gasteiger partial charge is 0.253 e. The third-order valence-electron chi connectivity index (χ3n) is 6.44. The van der Waals surface area contributed by atoms with Crippen molar-refractivity contribution in [3.05, 3.63) is 63.6 Å². The number of carbonyl (C=O) groups is 1. The number of nitrogens with one attached hydrogen (secondary N) is 1. The predicted molar refractivity (Wildman–Crippen MR) is 136 cm³/mol. The molecule has 8 nitrogen and oxygen atoms in total. The molecule has 0 radical (unpaired) electrons. The lowest BCUT2D eigenvalue weighted by Gasteiger charge is -2.23. The van der Waals surface area contributed by atoms with Crippen LogP contribution < -0.4 is 0 Å². The molecular formula is C25H24Cl2FN7O. The Morgan fingerprint density at radius 1 is 1.14 bits per heavy atom. The van der Waals surface area contributed by atoms with Crippen molar-refractivity contribution in [3.8, 4) is 28.5 Å². The Kier molecular flexibility index (Phi) is 6.77. The number of H-pyrrole nitrogens is 1. The van der Waals surface area contributed by atoms with Gasteiger partial charge in [-0.25, -0.2) is 14.5 Å². The SMILES string of the molecule is CN(C)C(=O)c1cc(Cl)cc(-c2c(-c3nnn[nH]3)nc(C3CCCCC3)n2-c2cccc(Cl)c2F)c1. The van der Waals surface area contributed by atoms with E-state index in [2.05, 4.69) is 20.6 Å². The lowest BCUT2D eigenvalue weighted by Crippen LogP contribution is -2.21. The van der Waals surface area contributed by atoms with Crippen molar-refractivity contribution in [1.82, 2.24) is 35.1 Å². The molecule has 2 heterocycles. The molecule has 2 aromatic carbocycles. The van der Waals surface area contributed by atoms with Crippen LogP contribution in [0, 0.1) is 5.82 Å². The van der Waals surface area contributed by atoms with E-state index in [1.165, 1.54) is 11.0 Å². The first kappa shape index (κ1) is 24.4. The average molecular weight is 528 g/mol. The van der Waals surface area contributed by atoms with Gasteiger partial charge in [-0.05, 0) is 53.6 Å². The third-order valence-corrected chi connectivity index (χ3v) is 6.95. The number of halogens is 3. The monoisotopic (exact) mass is 527 g/mol. The number of benzene rings is 2. The van der Waals surface area contributed by atoms with E-state index in [9.17, 15) is 4.79 Å². The summed E-state index contributed by atoms with van der Waals surface area (Å²) in [6.07, 6.45) is 5.11. The number of nitrogens with zero attached hydrogens (tertiary/aromatic N) is 6. The van der Waals surface area contributed by atoms with E-state index >= 15 is 4.39 Å². The van der Waals surface area contributed by atoms with Crippen LogP contribution >= 0.6 is 23.2 Å². The van der Waals surface area contributed by atoms with Crippen LogP contribution in [0.3, 0.4) is 0 Å². The maximum absolute atomic E-state index is 15.6. The van der Waals surface area contributed by atoms with Gasteiger partial charge in [0.25, 0.3) is 5.91 Å². The summed E-state index contributed by atoms with van der Waals surface area (Å²) < 4.78 is 17.3. The van der Waals surface area contributed by atoms with Gasteiger partial charge in [0.2, 0.25) is 0 Å². The number of hydrogen-bond acceptors (Lipinski definition) is 5. The van der Waals surface area contributed by atoms with Gasteiger partial charge in [0, 0.05) is 36.2 Å². The van der Waals surface area contributed by atoms with Crippen LogP contribution in [0.5, 0.6) is 0 Å². The molecule has 186 valence electrons. The molecule has 0 saturated heterocycles. The van der Waals surface area contributed by atoms with Crippen LogP contribution in [-0.2, 0) is 0 Å². The third kappa shape index (κ3) is 4.49. The Balaban J connectivity index is 1.85. The molecular weight excluding hydrogens is 504 g/mol. The zero-order chi connectivity index (χ0) is 25.4. The maximum Gasteiger partial charge on any atom is 0.253 e. The molecule has 2 aromatic heterocycles. The van der Waals surface area contributed by atoms with E-state index in [-0.39, 0.29) is 22.5 Å². The average Bonchev–Trinajstić information content (AvgIpc) is 3.53. The molecule has 1 aliphatic carbocycles. The molecule has 1 N–H and O–H groups in total. The predicted octanol–water partition coefficient (Wildman–Crippen LogP) is 5.91. The van der Waals surface area contributed by atoms with Crippen LogP contribution in [0.1, 0.15) is 54.2 Å². The van der Waals surface area contributed by atoms with Crippen molar-refractivity contribution >= 4 is 29.1 Å². The molecule has 0 bridgehead atoms. The summed E-state index contributed by atoms with van der Waals surface area (Å²) in [7, 11) is 3.34. The number of rotatable bonds is 5. The van der Waals surface area contributed by atoms with Crippen LogP contribution in [0.4, 0.5) is 4.39 Å². The molecule has 1 aliphatic rings. The lowest BCUT2D eigenvalue weighted by atomic mass is 9.88. The molecule has 4 aromatic rings. The largest absolute Gasteiger partial charge is 0.345 e. The molecule has 5 rings (SSSR count). The summed E-state index contributed by atoms with van der Waals surface area (Å²) in [5, 5.41) is 14.7. The molecule has 36 heavy (non-hydrogen) atoms. The van der Waals surface area contributed by atoms with Crippen molar-refractivity contribution in [3.63, 3.8) is 0 Å². The van der Waals surface area contributed by atoms with E-state index in [4.69, 9.17) is 28.2 Å². The number of amides is 1. The Labute approximate surface area is 217 Å². The first-order valence-corrected chi connectivity index (χ1v) is 12.4. The van der Waals surface area contributed by atoms with Gasteiger partial charge in [0.15, 0.2) is 11.6 Å². The topological polar surface area (TPSA) is 92.6 Å². The molecule has 1 saturated carbocycles. The summed E-state index contributed by atoms with van der Waals surface area (Å²) in [6.45, 7) is 0. The van der Waals surface area contributed by atoms with E-state index in [0.717, 1.165) is 32.1 Å². The fraction of sp³-hybridized carbons (Fsp3) is 0.320. The second kappa shape index (κ2) is 9.99. The number of tetrazole rings is 1. The van der Waals surface area contributed by atoms with Crippen molar-refractivity contribution in [1.29, 1.82) is 0 Å². The summed E-state index contributed by atoms with van der Waals surface area (Å²) in [5.41, 5.74) is 2.18. The molecule has 0 spiro atoms. The quantitative estimate of drug-likeness (QED) is 0.348. The lowest BCUT2D eigenvalue weighted by molar-refractivity contribution is 0.0827. The number of aromatic amines is 1. The van der Waals surface area contributed by atoms with Crippen LogP contribution in [0.25, 0.3) is 28.5 Å². The highest BCUT2D eigenvalue weighted by molar-refractivity contribution is 6.31. The maximum atomic E-state index is 15.6. The Bertz CT molecular complexity index is 1410. The second-order valence-corrected chi connectivity index (χ2v) is 9.93. The van der Waals surface area contributed by atoms with Gasteiger partial charge in [-0.3, -0.25) is 9.36 Å². The van der Waals surface area contributed by atoms with Gasteiger partial charge >= 0.3 is 0 Å². The molecule has 1 amide bonds. The number of imidazole rings is 1. The highest BCUT2D eigenvalue weighted by atomic mass is 35.5. The van der Waals surface area contributed by atoms with Crippen LogP contribution in [-0.4, -0.2) is 55.1 Å². The van der Waals surface area contributed by atoms with E-state index in [0.29, 0.717) is 39.2 Å². The zero-order valence-electron chi connectivity index (χ0n) is 19.8. The molecule has 1 fully saturated rings. The van der Waals surface area contributed by atoms with Crippen LogP contribution in [0.15, 0.2) is 36.4 Å². The van der Waals surface area contributed by atoms with Gasteiger partial charge in [0.05, 0.1) is 16.4 Å². The van der Waals surface area contributed by atoms with Crippen LogP contribution in [0.2, 0.25) is 10.0 Å². The van der Waals surface area contributed by atoms with E-state index < -0.39 is 5.82 Å². The zero-order valence-corrected chi connectivity index (χ0v) is 21.3. The van der Waals surface area contributed by atoms with Gasteiger partial charge in [-0.2, -0.15) is 0 Å². The van der Waals surface area contributed by atoms with Gasteiger partial charge in [-0.15, -0.1) is 5.10 Å². The standard InChI is InChI=1S/C25H24Cl2FN7O/c1-34(2)25(36)16-11-15(12-17(26)13-16)22-21(23-30-32-33-31-23)29-24(14-7-4-3-5-8-14)35(22)19-10-6-9-18(27)20(19)28/h6,9-14H,3-5,7-8H2,1-2H3,(H,30,31,32,33).